The molecule has 0 bridgehead atoms. The van der Waals surface area contributed by atoms with E-state index >= 15 is 0 Å². The van der Waals surface area contributed by atoms with Crippen molar-refractivity contribution in [3.8, 4) is 0 Å². The topological polar surface area (TPSA) is 52.6 Å². The number of methoxy groups -OCH3 is 2. The predicted molar refractivity (Wildman–Crippen MR) is 54.6 cm³/mol. The van der Waals surface area contributed by atoms with Crippen LogP contribution in [0.2, 0.25) is 0 Å². The second-order valence-electron chi connectivity index (χ2n) is 2.70. The molecule has 0 saturated heterocycles. The number of Topliss-reactive ketones (excluding diaryl/α,β-unsaturated/α-hetero) is 1. The molecule has 0 fully saturated rings. The number of rotatable bonds is 3. The Kier molecular flexibility index (Phi) is 3.67. The Morgan fingerprint density at radius 1 is 1.27 bits per heavy atom. The Bertz CT molecular complexity index is 366. The minimum absolute atomic E-state index is 0.0301. The van der Waals surface area contributed by atoms with E-state index in [0.29, 0.717) is 6.29 Å². The van der Waals surface area contributed by atoms with Crippen LogP contribution < -0.4 is 0 Å². The van der Waals surface area contributed by atoms with Crippen LogP contribution in [0.3, 0.4) is 0 Å². The third-order valence-corrected chi connectivity index (χ3v) is 2.98. The monoisotopic (exact) mass is 250 g/mol. The van der Waals surface area contributed by atoms with Gasteiger partial charge in [0, 0.05) is 14.2 Å². The quantitative estimate of drug-likeness (QED) is 0.432. The molecule has 0 heterocycles. The first-order chi connectivity index (χ1) is 7.05. The molecule has 0 amide bonds. The van der Waals surface area contributed by atoms with Gasteiger partial charge in [0.2, 0.25) is 11.6 Å². The van der Waals surface area contributed by atoms with Crippen molar-refractivity contribution in [2.45, 2.75) is 5.79 Å². The molecule has 1 aliphatic rings. The van der Waals surface area contributed by atoms with Gasteiger partial charge in [-0.25, -0.2) is 0 Å². The molecule has 0 atom stereocenters. The van der Waals surface area contributed by atoms with Crippen molar-refractivity contribution in [2.75, 3.05) is 14.2 Å². The van der Waals surface area contributed by atoms with Crippen molar-refractivity contribution in [1.82, 2.24) is 0 Å². The van der Waals surface area contributed by atoms with Crippen LogP contribution in [0.15, 0.2) is 21.7 Å². The second-order valence-corrected chi connectivity index (χ2v) is 3.45. The van der Waals surface area contributed by atoms with Crippen LogP contribution in [0.1, 0.15) is 0 Å². The van der Waals surface area contributed by atoms with Crippen LogP contribution in [0.25, 0.3) is 0 Å². The molecule has 6 heteroatoms. The summed E-state index contributed by atoms with van der Waals surface area (Å²) in [6.45, 7) is 0. The van der Waals surface area contributed by atoms with E-state index in [9.17, 15) is 9.59 Å². The Labute approximate surface area is 96.4 Å². The number of hydrogen-bond acceptors (Lipinski definition) is 4. The highest BCUT2D eigenvalue weighted by atomic mass is 35.5. The zero-order valence-electron chi connectivity index (χ0n) is 8.04. The molecule has 1 rings (SSSR count). The van der Waals surface area contributed by atoms with Crippen molar-refractivity contribution < 1.29 is 19.1 Å². The lowest BCUT2D eigenvalue weighted by Crippen LogP contribution is -2.35. The van der Waals surface area contributed by atoms with E-state index < -0.39 is 11.6 Å². The molecule has 0 aromatic rings. The van der Waals surface area contributed by atoms with Gasteiger partial charge >= 0.3 is 0 Å². The molecular formula is C9H8Cl2O4. The smallest absolute Gasteiger partial charge is 0.238 e. The van der Waals surface area contributed by atoms with Crippen molar-refractivity contribution in [3.63, 3.8) is 0 Å². The summed E-state index contributed by atoms with van der Waals surface area (Å²) in [5.41, 5.74) is -0.0301. The lowest BCUT2D eigenvalue weighted by molar-refractivity contribution is -0.147. The summed E-state index contributed by atoms with van der Waals surface area (Å²) in [6.07, 6.45) is 1.47. The van der Waals surface area contributed by atoms with Gasteiger partial charge < -0.3 is 9.47 Å². The van der Waals surface area contributed by atoms with Gasteiger partial charge in [-0.15, -0.1) is 0 Å². The third-order valence-electron chi connectivity index (χ3n) is 2.09. The van der Waals surface area contributed by atoms with E-state index in [1.165, 1.54) is 14.2 Å². The lowest BCUT2D eigenvalue weighted by Gasteiger charge is -2.26. The highest BCUT2D eigenvalue weighted by Gasteiger charge is 2.50. The van der Waals surface area contributed by atoms with Crippen LogP contribution >= 0.6 is 23.2 Å². The van der Waals surface area contributed by atoms with Gasteiger partial charge in [0.05, 0.1) is 5.57 Å². The minimum Gasteiger partial charge on any atom is -0.345 e. The Morgan fingerprint density at radius 3 is 2.20 bits per heavy atom. The number of hydrogen-bond donors (Lipinski definition) is 0. The van der Waals surface area contributed by atoms with E-state index in [1.54, 1.807) is 0 Å². The fourth-order valence-electron chi connectivity index (χ4n) is 1.37. The first kappa shape index (κ1) is 12.4. The molecular weight excluding hydrogens is 243 g/mol. The summed E-state index contributed by atoms with van der Waals surface area (Å²) >= 11 is 11.5. The lowest BCUT2D eigenvalue weighted by atomic mass is 10.1. The third kappa shape index (κ3) is 1.63. The molecule has 0 radical (unpaired) electrons. The number of aldehydes is 1. The van der Waals surface area contributed by atoms with Gasteiger partial charge in [0.15, 0.2) is 0 Å². The van der Waals surface area contributed by atoms with Crippen molar-refractivity contribution in [3.05, 3.63) is 21.7 Å². The van der Waals surface area contributed by atoms with Gasteiger partial charge in [-0.3, -0.25) is 9.59 Å². The average Bonchev–Trinajstić information content (AvgIpc) is 2.43. The molecule has 0 aromatic heterocycles. The van der Waals surface area contributed by atoms with Gasteiger partial charge in [-0.1, -0.05) is 23.2 Å². The maximum Gasteiger partial charge on any atom is 0.238 e. The van der Waals surface area contributed by atoms with Crippen LogP contribution in [0, 0.1) is 0 Å². The second kappa shape index (κ2) is 4.45. The number of carbonyl (C=O) groups excluding carboxylic acids is 2. The summed E-state index contributed by atoms with van der Waals surface area (Å²) < 4.78 is 10.0. The number of carbonyl (C=O) groups is 2. The van der Waals surface area contributed by atoms with Crippen molar-refractivity contribution in [2.24, 2.45) is 0 Å². The minimum atomic E-state index is -1.56. The first-order valence-corrected chi connectivity index (χ1v) is 4.67. The highest BCUT2D eigenvalue weighted by Crippen LogP contribution is 2.44. The number of allylic oxidation sites excluding steroid dienone is 2. The summed E-state index contributed by atoms with van der Waals surface area (Å²) in [7, 11) is 2.60. The Morgan fingerprint density at radius 2 is 1.80 bits per heavy atom. The standard InChI is InChI=1S/C9H8Cl2O4/c1-14-9(15-2)5(3-4-12)7(13)6(10)8(9)11/h3-4H,1-2H3/b5-3+. The van der Waals surface area contributed by atoms with Gasteiger partial charge in [-0.05, 0) is 6.08 Å². The maximum atomic E-state index is 11.6. The van der Waals surface area contributed by atoms with Gasteiger partial charge in [-0.2, -0.15) is 0 Å². The summed E-state index contributed by atoms with van der Waals surface area (Å²) in [5, 5.41) is -0.277. The summed E-state index contributed by atoms with van der Waals surface area (Å²) in [4.78, 5) is 22.0. The van der Waals surface area contributed by atoms with Crippen LogP contribution in [-0.4, -0.2) is 32.1 Å². The fraction of sp³-hybridized carbons (Fsp3) is 0.333. The van der Waals surface area contributed by atoms with Crippen molar-refractivity contribution >= 4 is 35.3 Å². The van der Waals surface area contributed by atoms with E-state index in [2.05, 4.69) is 0 Å². The molecule has 0 aromatic carbocycles. The zero-order valence-corrected chi connectivity index (χ0v) is 9.56. The van der Waals surface area contributed by atoms with E-state index in [4.69, 9.17) is 32.7 Å². The van der Waals surface area contributed by atoms with Crippen LogP contribution in [-0.2, 0) is 19.1 Å². The molecule has 1 aliphatic carbocycles. The largest absolute Gasteiger partial charge is 0.345 e. The summed E-state index contributed by atoms with van der Waals surface area (Å²) in [6, 6.07) is 0. The molecule has 0 spiro atoms. The molecule has 0 saturated carbocycles. The Balaban J connectivity index is 3.39. The first-order valence-electron chi connectivity index (χ1n) is 3.91. The number of halogens is 2. The normalized spacial score (nSPS) is 22.7. The molecule has 4 nitrogen and oxygen atoms in total. The molecule has 0 unspecified atom stereocenters. The SMILES string of the molecule is COC1(OC)C(Cl)=C(Cl)C(=O)/C1=C\C=O. The van der Waals surface area contributed by atoms with Crippen LogP contribution in [0.5, 0.6) is 0 Å². The average molecular weight is 251 g/mol. The van der Waals surface area contributed by atoms with Gasteiger partial charge in [0.25, 0.3) is 0 Å². The molecule has 15 heavy (non-hydrogen) atoms. The maximum absolute atomic E-state index is 11.6. The number of ketones is 1. The van der Waals surface area contributed by atoms with E-state index in [-0.39, 0.29) is 15.6 Å². The number of ether oxygens (including phenoxy) is 2. The molecule has 82 valence electrons. The fourth-order valence-corrected chi connectivity index (χ4v) is 1.93. The van der Waals surface area contributed by atoms with E-state index in [1.807, 2.05) is 0 Å². The molecule has 0 N–H and O–H groups in total. The van der Waals surface area contributed by atoms with E-state index in [0.717, 1.165) is 6.08 Å². The Hall–Kier alpha value is -0.680. The highest BCUT2D eigenvalue weighted by molar-refractivity contribution is 6.53. The summed E-state index contributed by atoms with van der Waals surface area (Å²) in [5.74, 6) is -2.13. The van der Waals surface area contributed by atoms with Crippen molar-refractivity contribution in [1.29, 1.82) is 0 Å². The zero-order chi connectivity index (χ0) is 11.6. The van der Waals surface area contributed by atoms with Gasteiger partial charge in [0.1, 0.15) is 16.4 Å². The molecule has 0 aliphatic heterocycles. The predicted octanol–water partition coefficient (Wildman–Crippen LogP) is 1.37. The van der Waals surface area contributed by atoms with Crippen LogP contribution in [0.4, 0.5) is 0 Å².